The molecular weight excluding hydrogens is 314 g/mol. The summed E-state index contributed by atoms with van der Waals surface area (Å²) in [5.41, 5.74) is 2.20. The van der Waals surface area contributed by atoms with Crippen molar-refractivity contribution in [2.45, 2.75) is 19.3 Å². The first kappa shape index (κ1) is 15.1. The van der Waals surface area contributed by atoms with E-state index in [1.165, 1.54) is 5.56 Å². The number of hydrogen-bond donors (Lipinski definition) is 1. The van der Waals surface area contributed by atoms with Gasteiger partial charge in [-0.3, -0.25) is 0 Å². The first-order chi connectivity index (χ1) is 9.62. The lowest BCUT2D eigenvalue weighted by atomic mass is 9.84. The number of ether oxygens (including phenoxy) is 1. The fraction of sp³-hybridized carbons (Fsp3) is 0.294. The molecule has 0 heterocycles. The Bertz CT molecular complexity index is 522. The summed E-state index contributed by atoms with van der Waals surface area (Å²) < 4.78 is 5.80. The number of halogens is 1. The third-order valence-corrected chi connectivity index (χ3v) is 3.67. The zero-order chi connectivity index (χ0) is 14.4. The van der Waals surface area contributed by atoms with Crippen LogP contribution in [0.4, 0.5) is 0 Å². The average Bonchev–Trinajstić information content (AvgIpc) is 2.47. The van der Waals surface area contributed by atoms with Crippen molar-refractivity contribution in [3.05, 3.63) is 60.2 Å². The maximum Gasteiger partial charge on any atom is 0.127 e. The summed E-state index contributed by atoms with van der Waals surface area (Å²) in [5.74, 6) is 1.73. The molecule has 0 spiro atoms. The molecule has 0 saturated heterocycles. The Morgan fingerprint density at radius 3 is 2.15 bits per heavy atom. The molecule has 0 aromatic heterocycles. The lowest BCUT2D eigenvalue weighted by Crippen LogP contribution is -2.32. The maximum atomic E-state index is 5.80. The van der Waals surface area contributed by atoms with Gasteiger partial charge >= 0.3 is 0 Å². The van der Waals surface area contributed by atoms with Crippen LogP contribution in [-0.4, -0.2) is 12.0 Å². The van der Waals surface area contributed by atoms with Crippen molar-refractivity contribution in [2.24, 2.45) is 0 Å². The molecule has 0 aliphatic heterocycles. The number of alkyl halides is 1. The molecule has 0 amide bonds. The van der Waals surface area contributed by atoms with E-state index >= 15 is 0 Å². The Morgan fingerprint density at radius 2 is 1.55 bits per heavy atom. The first-order valence-corrected chi connectivity index (χ1v) is 7.84. The van der Waals surface area contributed by atoms with E-state index in [0.29, 0.717) is 0 Å². The highest BCUT2D eigenvalue weighted by Crippen LogP contribution is 2.27. The third kappa shape index (κ3) is 4.09. The van der Waals surface area contributed by atoms with Crippen LogP contribution in [-0.2, 0) is 5.41 Å². The van der Waals surface area contributed by atoms with Gasteiger partial charge in [-0.1, -0.05) is 60.1 Å². The van der Waals surface area contributed by atoms with Crippen molar-refractivity contribution in [3.63, 3.8) is 0 Å². The Kier molecular flexibility index (Phi) is 5.21. The number of rotatable bonds is 6. The molecule has 106 valence electrons. The summed E-state index contributed by atoms with van der Waals surface area (Å²) in [4.78, 5) is 0. The minimum Gasteiger partial charge on any atom is -0.457 e. The van der Waals surface area contributed by atoms with Crippen molar-refractivity contribution in [3.8, 4) is 11.5 Å². The molecule has 1 N–H and O–H groups in total. The molecule has 0 aliphatic carbocycles. The zero-order valence-electron chi connectivity index (χ0n) is 11.9. The van der Waals surface area contributed by atoms with Crippen molar-refractivity contribution in [2.75, 3.05) is 12.0 Å². The van der Waals surface area contributed by atoms with Gasteiger partial charge in [0, 0.05) is 12.0 Å². The quantitative estimate of drug-likeness (QED) is 0.611. The van der Waals surface area contributed by atoms with E-state index in [1.807, 2.05) is 42.5 Å². The Hall–Kier alpha value is -1.32. The molecule has 0 unspecified atom stereocenters. The summed E-state index contributed by atoms with van der Waals surface area (Å²) >= 11 is 3.39. The molecule has 20 heavy (non-hydrogen) atoms. The minimum absolute atomic E-state index is 0.0963. The van der Waals surface area contributed by atoms with E-state index in [4.69, 9.17) is 4.74 Å². The fourth-order valence-electron chi connectivity index (χ4n) is 2.06. The van der Waals surface area contributed by atoms with E-state index < -0.39 is 0 Å². The minimum atomic E-state index is 0.0963. The second-order valence-corrected chi connectivity index (χ2v) is 5.94. The largest absolute Gasteiger partial charge is 0.457 e. The van der Waals surface area contributed by atoms with E-state index in [0.717, 1.165) is 23.5 Å². The topological polar surface area (TPSA) is 21.3 Å². The van der Waals surface area contributed by atoms with Gasteiger partial charge in [0.25, 0.3) is 0 Å². The van der Waals surface area contributed by atoms with Gasteiger partial charge < -0.3 is 10.1 Å². The summed E-state index contributed by atoms with van der Waals surface area (Å²) in [6.45, 7) is 5.39. The molecular formula is C17H20BrNO. The van der Waals surface area contributed by atoms with Crippen LogP contribution in [0.5, 0.6) is 11.5 Å². The van der Waals surface area contributed by atoms with Gasteiger partial charge in [-0.05, 0) is 29.8 Å². The highest BCUT2D eigenvalue weighted by Gasteiger charge is 2.19. The van der Waals surface area contributed by atoms with Crippen LogP contribution in [0.3, 0.4) is 0 Å². The van der Waals surface area contributed by atoms with Crippen LogP contribution in [0, 0.1) is 0 Å². The van der Waals surface area contributed by atoms with Crippen LogP contribution >= 0.6 is 15.9 Å². The van der Waals surface area contributed by atoms with Crippen LogP contribution < -0.4 is 10.1 Å². The Morgan fingerprint density at radius 1 is 0.950 bits per heavy atom. The van der Waals surface area contributed by atoms with Gasteiger partial charge in [0.2, 0.25) is 0 Å². The van der Waals surface area contributed by atoms with Crippen molar-refractivity contribution < 1.29 is 4.74 Å². The monoisotopic (exact) mass is 333 g/mol. The second-order valence-electron chi connectivity index (χ2n) is 5.38. The standard InChI is InChI=1S/C17H20BrNO/c1-17(2,12-19-13-18)14-8-10-16(11-9-14)20-15-6-4-3-5-7-15/h3-11,19H,12-13H2,1-2H3. The van der Waals surface area contributed by atoms with Gasteiger partial charge in [0.1, 0.15) is 11.5 Å². The lowest BCUT2D eigenvalue weighted by molar-refractivity contribution is 0.475. The van der Waals surface area contributed by atoms with Crippen LogP contribution in [0.2, 0.25) is 0 Å². The summed E-state index contributed by atoms with van der Waals surface area (Å²) in [5, 5.41) is 3.33. The number of para-hydroxylation sites is 1. The molecule has 0 atom stereocenters. The van der Waals surface area contributed by atoms with Crippen LogP contribution in [0.15, 0.2) is 54.6 Å². The van der Waals surface area contributed by atoms with E-state index in [2.05, 4.69) is 47.2 Å². The average molecular weight is 334 g/mol. The molecule has 2 rings (SSSR count). The molecule has 0 aliphatic rings. The van der Waals surface area contributed by atoms with Gasteiger partial charge in [-0.25, -0.2) is 0 Å². The fourth-order valence-corrected chi connectivity index (χ4v) is 2.26. The van der Waals surface area contributed by atoms with Gasteiger partial charge in [0.05, 0.1) is 5.45 Å². The molecule has 2 aromatic carbocycles. The Balaban J connectivity index is 2.06. The number of nitrogens with one attached hydrogen (secondary N) is 1. The molecule has 3 heteroatoms. The summed E-state index contributed by atoms with van der Waals surface area (Å²) in [6, 6.07) is 18.2. The maximum absolute atomic E-state index is 5.80. The van der Waals surface area contributed by atoms with Gasteiger partial charge in [0.15, 0.2) is 0 Å². The van der Waals surface area contributed by atoms with E-state index in [-0.39, 0.29) is 5.41 Å². The third-order valence-electron chi connectivity index (χ3n) is 3.28. The summed E-state index contributed by atoms with van der Waals surface area (Å²) in [7, 11) is 0. The number of hydrogen-bond acceptors (Lipinski definition) is 2. The lowest BCUT2D eigenvalue weighted by Gasteiger charge is -2.25. The molecule has 0 saturated carbocycles. The van der Waals surface area contributed by atoms with E-state index in [9.17, 15) is 0 Å². The molecule has 2 nitrogen and oxygen atoms in total. The smallest absolute Gasteiger partial charge is 0.127 e. The molecule has 2 aromatic rings. The van der Waals surface area contributed by atoms with Crippen LogP contribution in [0.25, 0.3) is 0 Å². The number of benzene rings is 2. The SMILES string of the molecule is CC(C)(CNCBr)c1ccc(Oc2ccccc2)cc1. The molecule has 0 bridgehead atoms. The van der Waals surface area contributed by atoms with Gasteiger partial charge in [-0.15, -0.1) is 0 Å². The normalized spacial score (nSPS) is 11.3. The highest BCUT2D eigenvalue weighted by atomic mass is 79.9. The van der Waals surface area contributed by atoms with Crippen molar-refractivity contribution >= 4 is 15.9 Å². The molecule has 0 radical (unpaired) electrons. The van der Waals surface area contributed by atoms with Crippen molar-refractivity contribution in [1.82, 2.24) is 5.32 Å². The highest BCUT2D eigenvalue weighted by molar-refractivity contribution is 9.09. The summed E-state index contributed by atoms with van der Waals surface area (Å²) in [6.07, 6.45) is 0. The van der Waals surface area contributed by atoms with Gasteiger partial charge in [-0.2, -0.15) is 0 Å². The predicted molar refractivity (Wildman–Crippen MR) is 87.8 cm³/mol. The Labute approximate surface area is 129 Å². The molecule has 0 fully saturated rings. The van der Waals surface area contributed by atoms with E-state index in [1.54, 1.807) is 0 Å². The van der Waals surface area contributed by atoms with Crippen LogP contribution in [0.1, 0.15) is 19.4 Å². The van der Waals surface area contributed by atoms with Crippen molar-refractivity contribution in [1.29, 1.82) is 0 Å². The first-order valence-electron chi connectivity index (χ1n) is 6.72. The predicted octanol–water partition coefficient (Wildman–Crippen LogP) is 4.70. The second kappa shape index (κ2) is 6.91. The zero-order valence-corrected chi connectivity index (χ0v) is 13.5.